The van der Waals surface area contributed by atoms with Crippen LogP contribution in [0.1, 0.15) is 90.7 Å². The van der Waals surface area contributed by atoms with Gasteiger partial charge in [0.15, 0.2) is 0 Å². The molecule has 15 heteroatoms. The smallest absolute Gasteiger partial charge is 0.410 e. The van der Waals surface area contributed by atoms with Crippen LogP contribution >= 0.6 is 0 Å². The van der Waals surface area contributed by atoms with E-state index >= 15 is 0 Å². The number of nitrogens with zero attached hydrogens (tertiary/aromatic N) is 4. The molecule has 3 N–H and O–H groups in total. The highest BCUT2D eigenvalue weighted by molar-refractivity contribution is 5.91. The Kier molecular flexibility index (Phi) is 13.3. The van der Waals surface area contributed by atoms with Crippen LogP contribution in [0.2, 0.25) is 0 Å². The van der Waals surface area contributed by atoms with Gasteiger partial charge in [0, 0.05) is 49.6 Å². The van der Waals surface area contributed by atoms with Gasteiger partial charge in [-0.15, -0.1) is 0 Å². The molecule has 0 radical (unpaired) electrons. The minimum atomic E-state index is -0.896. The Morgan fingerprint density at radius 3 is 1.81 bits per heavy atom. The molecule has 0 aliphatic carbocycles. The van der Waals surface area contributed by atoms with Crippen molar-refractivity contribution in [1.82, 2.24) is 35.6 Å². The average Bonchev–Trinajstić information content (AvgIpc) is 3.83. The summed E-state index contributed by atoms with van der Waals surface area (Å²) in [6, 6.07) is 12.4. The van der Waals surface area contributed by atoms with E-state index in [4.69, 9.17) is 9.47 Å². The molecular formula is C43H59N7O8. The molecule has 0 spiro atoms. The van der Waals surface area contributed by atoms with Crippen molar-refractivity contribution in [2.24, 2.45) is 0 Å². The Hall–Kier alpha value is -5.18. The standard InChI is InChI=1S/C43H59N7O8/c1-7-37(51)45-35-25-47(23-20-31-9-8-22-49(31)39(35)53)41(55)57-33-16-11-29(12-17-33)43(4,5)30-13-18-34(19-14-30)58-42(56)48-24-21-32-15-10-27(2)50(32)40(54)36(26-48)46-38(52)28(3)44-6/h11-14,16-19,27-28,31-32,35-36,44H,7-10,15,20-26H2,1-6H3,(H,45,51)(H,46,52)/t27?,28?,31-,32?,35+,36?/m1/s1. The number of nitrogens with one attached hydrogen (secondary N) is 3. The second-order valence-corrected chi connectivity index (χ2v) is 16.6. The van der Waals surface area contributed by atoms with E-state index < -0.39 is 35.7 Å². The molecule has 2 aromatic rings. The number of benzene rings is 2. The maximum Gasteiger partial charge on any atom is 0.415 e. The zero-order valence-corrected chi connectivity index (χ0v) is 34.6. The third-order valence-corrected chi connectivity index (χ3v) is 12.4. The molecule has 314 valence electrons. The van der Waals surface area contributed by atoms with Gasteiger partial charge in [-0.2, -0.15) is 0 Å². The van der Waals surface area contributed by atoms with Crippen LogP contribution in [0, 0.1) is 0 Å². The molecule has 4 aliphatic rings. The van der Waals surface area contributed by atoms with Gasteiger partial charge < -0.3 is 45.0 Å². The molecule has 2 aromatic carbocycles. The molecule has 0 bridgehead atoms. The maximum atomic E-state index is 13.7. The minimum absolute atomic E-state index is 0.000801. The Morgan fingerprint density at radius 2 is 1.28 bits per heavy atom. The summed E-state index contributed by atoms with van der Waals surface area (Å²) < 4.78 is 11.6. The Balaban J connectivity index is 1.08. The predicted molar refractivity (Wildman–Crippen MR) is 216 cm³/mol. The Labute approximate surface area is 341 Å². The first-order chi connectivity index (χ1) is 27.7. The van der Waals surface area contributed by atoms with Crippen molar-refractivity contribution in [1.29, 1.82) is 0 Å². The molecule has 6 amide bonds. The molecule has 58 heavy (non-hydrogen) atoms. The van der Waals surface area contributed by atoms with Crippen molar-refractivity contribution in [3.63, 3.8) is 0 Å². The van der Waals surface area contributed by atoms with Gasteiger partial charge in [-0.25, -0.2) is 9.59 Å². The normalized spacial score (nSPS) is 24.4. The molecule has 0 saturated carbocycles. The maximum absolute atomic E-state index is 13.7. The van der Waals surface area contributed by atoms with Gasteiger partial charge in [0.1, 0.15) is 23.6 Å². The lowest BCUT2D eigenvalue weighted by atomic mass is 9.78. The van der Waals surface area contributed by atoms with Gasteiger partial charge in [-0.05, 0) is 94.8 Å². The van der Waals surface area contributed by atoms with Gasteiger partial charge in [0.2, 0.25) is 23.6 Å². The molecule has 4 saturated heterocycles. The zero-order valence-electron chi connectivity index (χ0n) is 34.6. The highest BCUT2D eigenvalue weighted by Gasteiger charge is 2.42. The van der Waals surface area contributed by atoms with E-state index in [0.717, 1.165) is 36.8 Å². The van der Waals surface area contributed by atoms with Crippen molar-refractivity contribution in [2.75, 3.05) is 39.8 Å². The monoisotopic (exact) mass is 801 g/mol. The van der Waals surface area contributed by atoms with Crippen molar-refractivity contribution in [3.8, 4) is 11.5 Å². The number of likely N-dealkylation sites (N-methyl/N-ethyl adjacent to an activating group) is 1. The highest BCUT2D eigenvalue weighted by atomic mass is 16.6. The number of rotatable bonds is 9. The van der Waals surface area contributed by atoms with Crippen LogP contribution in [0.4, 0.5) is 9.59 Å². The van der Waals surface area contributed by atoms with Crippen molar-refractivity contribution < 1.29 is 38.2 Å². The lowest BCUT2D eigenvalue weighted by Gasteiger charge is -2.38. The number of carbonyl (C=O) groups is 6. The minimum Gasteiger partial charge on any atom is -0.410 e. The molecule has 0 aromatic heterocycles. The summed E-state index contributed by atoms with van der Waals surface area (Å²) in [5.74, 6) is -0.191. The van der Waals surface area contributed by atoms with Gasteiger partial charge in [0.25, 0.3) is 0 Å². The van der Waals surface area contributed by atoms with Crippen LogP contribution in [-0.4, -0.2) is 131 Å². The van der Waals surface area contributed by atoms with Crippen LogP contribution in [0.15, 0.2) is 48.5 Å². The van der Waals surface area contributed by atoms with Gasteiger partial charge in [-0.3, -0.25) is 19.2 Å². The molecule has 4 unspecified atom stereocenters. The Bertz CT molecular complexity index is 1840. The number of hydrogen-bond acceptors (Lipinski definition) is 9. The third-order valence-electron chi connectivity index (χ3n) is 12.4. The van der Waals surface area contributed by atoms with Gasteiger partial charge >= 0.3 is 12.2 Å². The van der Waals surface area contributed by atoms with E-state index in [1.54, 1.807) is 45.2 Å². The lowest BCUT2D eigenvalue weighted by Crippen LogP contribution is -2.61. The topological polar surface area (TPSA) is 170 Å². The lowest BCUT2D eigenvalue weighted by molar-refractivity contribution is -0.140. The zero-order chi connectivity index (χ0) is 41.7. The van der Waals surface area contributed by atoms with Crippen molar-refractivity contribution >= 4 is 35.8 Å². The van der Waals surface area contributed by atoms with E-state index in [-0.39, 0.29) is 61.3 Å². The molecule has 4 heterocycles. The molecule has 4 aliphatic heterocycles. The van der Waals surface area contributed by atoms with E-state index in [1.807, 2.05) is 41.0 Å². The van der Waals surface area contributed by atoms with Crippen molar-refractivity contribution in [2.45, 2.75) is 121 Å². The summed E-state index contributed by atoms with van der Waals surface area (Å²) in [5, 5.41) is 8.57. The summed E-state index contributed by atoms with van der Waals surface area (Å²) in [6.07, 6.45) is 3.84. The van der Waals surface area contributed by atoms with Crippen LogP contribution in [0.3, 0.4) is 0 Å². The number of ether oxygens (including phenoxy) is 2. The quantitative estimate of drug-likeness (QED) is 0.342. The van der Waals surface area contributed by atoms with E-state index in [2.05, 4.69) is 29.8 Å². The molecule has 6 atom stereocenters. The fourth-order valence-electron chi connectivity index (χ4n) is 8.59. The largest absolute Gasteiger partial charge is 0.415 e. The average molecular weight is 802 g/mol. The summed E-state index contributed by atoms with van der Waals surface area (Å²) >= 11 is 0. The second-order valence-electron chi connectivity index (χ2n) is 16.6. The first-order valence-corrected chi connectivity index (χ1v) is 20.7. The first-order valence-electron chi connectivity index (χ1n) is 20.7. The van der Waals surface area contributed by atoms with Crippen LogP contribution in [0.25, 0.3) is 0 Å². The molecule has 4 fully saturated rings. The first kappa shape index (κ1) is 42.4. The van der Waals surface area contributed by atoms with Gasteiger partial charge in [-0.1, -0.05) is 45.0 Å². The number of carbonyl (C=O) groups excluding carboxylic acids is 6. The van der Waals surface area contributed by atoms with E-state index in [9.17, 15) is 28.8 Å². The molecule has 15 nitrogen and oxygen atoms in total. The second kappa shape index (κ2) is 18.2. The van der Waals surface area contributed by atoms with E-state index in [1.165, 1.54) is 9.80 Å². The number of fused-ring (bicyclic) bond motifs is 2. The highest BCUT2D eigenvalue weighted by Crippen LogP contribution is 2.34. The summed E-state index contributed by atoms with van der Waals surface area (Å²) in [4.78, 5) is 86.0. The summed E-state index contributed by atoms with van der Waals surface area (Å²) in [6.45, 7) is 11.1. The fraction of sp³-hybridized carbons (Fsp3) is 0.581. The number of amides is 6. The van der Waals surface area contributed by atoms with Crippen LogP contribution in [-0.2, 0) is 24.6 Å². The van der Waals surface area contributed by atoms with E-state index in [0.29, 0.717) is 44.0 Å². The van der Waals surface area contributed by atoms with Gasteiger partial charge in [0.05, 0.1) is 19.1 Å². The SMILES string of the molecule is CCC(=O)N[C@H]1CN(C(=O)Oc2ccc(C(C)(C)c3ccc(OC(=O)N4CCC5CCC(C)N5C(=O)C(NC(=O)C(C)NC)C4)cc3)cc2)CC[C@H]2CCCN2C1=O. The van der Waals surface area contributed by atoms with Crippen LogP contribution in [0.5, 0.6) is 11.5 Å². The molecule has 6 rings (SSSR count). The number of hydrogen-bond donors (Lipinski definition) is 3. The predicted octanol–water partition coefficient (Wildman–Crippen LogP) is 3.78. The summed E-state index contributed by atoms with van der Waals surface area (Å²) in [5.41, 5.74) is 1.44. The van der Waals surface area contributed by atoms with Crippen molar-refractivity contribution in [3.05, 3.63) is 59.7 Å². The Morgan fingerprint density at radius 1 is 0.741 bits per heavy atom. The molecular weight excluding hydrogens is 743 g/mol. The third kappa shape index (κ3) is 9.40. The fourth-order valence-corrected chi connectivity index (χ4v) is 8.59. The van der Waals surface area contributed by atoms with Crippen LogP contribution < -0.4 is 25.4 Å². The summed E-state index contributed by atoms with van der Waals surface area (Å²) in [7, 11) is 1.67.